The predicted octanol–water partition coefficient (Wildman–Crippen LogP) is 4.34. The summed E-state index contributed by atoms with van der Waals surface area (Å²) in [4.78, 5) is 4.75. The van der Waals surface area contributed by atoms with Crippen LogP contribution < -0.4 is 0 Å². The van der Waals surface area contributed by atoms with Crippen LogP contribution in [-0.2, 0) is 6.42 Å². The van der Waals surface area contributed by atoms with E-state index in [1.54, 1.807) is 0 Å². The number of hydrogen-bond acceptors (Lipinski definition) is 1. The minimum Gasteiger partial charge on any atom is -0.325 e. The maximum Gasteiger partial charge on any atom is 0.111 e. The number of hydrogen-bond donors (Lipinski definition) is 0. The molecule has 0 amide bonds. The second-order valence-electron chi connectivity index (χ2n) is 5.31. The Kier molecular flexibility index (Phi) is 3.96. The summed E-state index contributed by atoms with van der Waals surface area (Å²) in [6.45, 7) is 8.85. The van der Waals surface area contributed by atoms with Gasteiger partial charge in [-0.05, 0) is 37.5 Å². The Balaban J connectivity index is 2.62. The van der Waals surface area contributed by atoms with Crippen LogP contribution in [0.25, 0.3) is 11.0 Å². The highest BCUT2D eigenvalue weighted by Gasteiger charge is 2.17. The average Bonchev–Trinajstić information content (AvgIpc) is 2.65. The first kappa shape index (κ1) is 13.4. The second-order valence-corrected chi connectivity index (χ2v) is 5.69. The van der Waals surface area contributed by atoms with E-state index < -0.39 is 0 Å². The normalized spacial score (nSPS) is 13.4. The number of benzene rings is 1. The lowest BCUT2D eigenvalue weighted by Crippen LogP contribution is -2.14. The van der Waals surface area contributed by atoms with E-state index in [1.807, 2.05) is 0 Å². The Hall–Kier alpha value is -1.02. The van der Waals surface area contributed by atoms with Crippen LogP contribution in [0.2, 0.25) is 0 Å². The van der Waals surface area contributed by atoms with E-state index in [0.717, 1.165) is 17.8 Å². The highest BCUT2D eigenvalue weighted by molar-refractivity contribution is 6.17. The van der Waals surface area contributed by atoms with Gasteiger partial charge in [-0.1, -0.05) is 19.9 Å². The highest BCUT2D eigenvalue weighted by Crippen LogP contribution is 2.26. The van der Waals surface area contributed by atoms with Gasteiger partial charge in [0.2, 0.25) is 0 Å². The van der Waals surface area contributed by atoms with E-state index in [-0.39, 0.29) is 0 Å². The van der Waals surface area contributed by atoms with Crippen molar-refractivity contribution in [3.8, 4) is 0 Å². The first-order valence-corrected chi connectivity index (χ1v) is 7.11. The van der Waals surface area contributed by atoms with E-state index in [0.29, 0.717) is 17.8 Å². The lowest BCUT2D eigenvalue weighted by molar-refractivity contribution is 0.407. The quantitative estimate of drug-likeness (QED) is 0.751. The topological polar surface area (TPSA) is 17.8 Å². The molecule has 2 rings (SSSR count). The molecular formula is C15H21ClN2. The molecule has 1 atom stereocenters. The number of aromatic nitrogens is 2. The third kappa shape index (κ3) is 2.39. The molecule has 98 valence electrons. The number of alkyl halides is 1. The summed E-state index contributed by atoms with van der Waals surface area (Å²) in [6, 6.07) is 6.92. The van der Waals surface area contributed by atoms with Crippen molar-refractivity contribution in [2.24, 2.45) is 5.92 Å². The molecule has 0 spiro atoms. The van der Waals surface area contributed by atoms with Gasteiger partial charge in [-0.2, -0.15) is 0 Å². The maximum absolute atomic E-state index is 5.90. The molecule has 1 aromatic heterocycles. The summed E-state index contributed by atoms with van der Waals surface area (Å²) >= 11 is 5.90. The van der Waals surface area contributed by atoms with E-state index in [9.17, 15) is 0 Å². The molecule has 0 aliphatic heterocycles. The molecule has 0 fully saturated rings. The fourth-order valence-corrected chi connectivity index (χ4v) is 2.44. The summed E-state index contributed by atoms with van der Waals surface area (Å²) in [6.07, 6.45) is 0.826. The number of fused-ring (bicyclic) bond motifs is 1. The number of halogens is 1. The molecule has 2 aromatic rings. The van der Waals surface area contributed by atoms with Crippen LogP contribution in [0.4, 0.5) is 0 Å². The highest BCUT2D eigenvalue weighted by atomic mass is 35.5. The van der Waals surface area contributed by atoms with Crippen molar-refractivity contribution in [2.45, 2.75) is 40.2 Å². The van der Waals surface area contributed by atoms with Crippen LogP contribution in [0.1, 0.15) is 38.2 Å². The van der Waals surface area contributed by atoms with Gasteiger partial charge >= 0.3 is 0 Å². The molecule has 0 N–H and O–H groups in total. The van der Waals surface area contributed by atoms with Crippen LogP contribution in [-0.4, -0.2) is 15.4 Å². The first-order valence-electron chi connectivity index (χ1n) is 6.58. The van der Waals surface area contributed by atoms with Gasteiger partial charge < -0.3 is 4.57 Å². The molecule has 18 heavy (non-hydrogen) atoms. The molecule has 0 bridgehead atoms. The number of aryl methyl sites for hydroxylation is 2. The summed E-state index contributed by atoms with van der Waals surface area (Å²) in [5, 5.41) is 0. The zero-order chi connectivity index (χ0) is 13.3. The third-order valence-electron chi connectivity index (χ3n) is 3.61. The van der Waals surface area contributed by atoms with Crippen molar-refractivity contribution in [1.29, 1.82) is 0 Å². The van der Waals surface area contributed by atoms with E-state index >= 15 is 0 Å². The summed E-state index contributed by atoms with van der Waals surface area (Å²) < 4.78 is 2.35. The third-order valence-corrected chi connectivity index (χ3v) is 3.80. The van der Waals surface area contributed by atoms with Crippen molar-refractivity contribution < 1.29 is 0 Å². The van der Waals surface area contributed by atoms with Crippen molar-refractivity contribution >= 4 is 22.6 Å². The zero-order valence-electron chi connectivity index (χ0n) is 11.6. The summed E-state index contributed by atoms with van der Waals surface area (Å²) in [5.41, 5.74) is 3.56. The largest absolute Gasteiger partial charge is 0.325 e. The SMILES string of the molecule is Cc1ccc2c(c1)nc(CCCl)n2C(C)C(C)C. The van der Waals surface area contributed by atoms with Gasteiger partial charge in [-0.15, -0.1) is 11.6 Å². The van der Waals surface area contributed by atoms with Crippen molar-refractivity contribution in [2.75, 3.05) is 5.88 Å². The molecule has 2 nitrogen and oxygen atoms in total. The van der Waals surface area contributed by atoms with Crippen LogP contribution in [0.3, 0.4) is 0 Å². The molecule has 3 heteroatoms. The van der Waals surface area contributed by atoms with Gasteiger partial charge in [0, 0.05) is 18.3 Å². The molecule has 1 unspecified atom stereocenters. The first-order chi connectivity index (χ1) is 8.54. The van der Waals surface area contributed by atoms with E-state index in [2.05, 4.69) is 50.5 Å². The molecule has 0 saturated carbocycles. The fraction of sp³-hybridized carbons (Fsp3) is 0.533. The lowest BCUT2D eigenvalue weighted by Gasteiger charge is -2.21. The summed E-state index contributed by atoms with van der Waals surface area (Å²) in [7, 11) is 0. The van der Waals surface area contributed by atoms with Gasteiger partial charge in [0.1, 0.15) is 5.82 Å². The standard InChI is InChI=1S/C15H21ClN2/c1-10(2)12(4)18-14-6-5-11(3)9-13(14)17-15(18)7-8-16/h5-6,9-10,12H,7-8H2,1-4H3. The molecule has 0 saturated heterocycles. The van der Waals surface area contributed by atoms with Crippen LogP contribution in [0, 0.1) is 12.8 Å². The Labute approximate surface area is 114 Å². The molecular weight excluding hydrogens is 244 g/mol. The Bertz CT molecular complexity index is 543. The van der Waals surface area contributed by atoms with Gasteiger partial charge in [-0.25, -0.2) is 4.98 Å². The van der Waals surface area contributed by atoms with Crippen LogP contribution in [0.15, 0.2) is 18.2 Å². The number of nitrogens with zero attached hydrogens (tertiary/aromatic N) is 2. The van der Waals surface area contributed by atoms with Gasteiger partial charge in [-0.3, -0.25) is 0 Å². The van der Waals surface area contributed by atoms with Gasteiger partial charge in [0.15, 0.2) is 0 Å². The monoisotopic (exact) mass is 264 g/mol. The Morgan fingerprint density at radius 1 is 1.28 bits per heavy atom. The van der Waals surface area contributed by atoms with Crippen LogP contribution in [0.5, 0.6) is 0 Å². The smallest absolute Gasteiger partial charge is 0.111 e. The van der Waals surface area contributed by atoms with Crippen molar-refractivity contribution in [3.05, 3.63) is 29.6 Å². The van der Waals surface area contributed by atoms with Crippen molar-refractivity contribution in [3.63, 3.8) is 0 Å². The molecule has 0 aliphatic rings. The van der Waals surface area contributed by atoms with Gasteiger partial charge in [0.05, 0.1) is 11.0 Å². The molecule has 1 heterocycles. The lowest BCUT2D eigenvalue weighted by atomic mass is 10.1. The van der Waals surface area contributed by atoms with Crippen molar-refractivity contribution in [1.82, 2.24) is 9.55 Å². The van der Waals surface area contributed by atoms with E-state index in [4.69, 9.17) is 16.6 Å². The predicted molar refractivity (Wildman–Crippen MR) is 78.4 cm³/mol. The van der Waals surface area contributed by atoms with Crippen LogP contribution >= 0.6 is 11.6 Å². The fourth-order valence-electron chi connectivity index (χ4n) is 2.27. The molecule has 1 aromatic carbocycles. The number of rotatable bonds is 4. The van der Waals surface area contributed by atoms with E-state index in [1.165, 1.54) is 11.1 Å². The second kappa shape index (κ2) is 5.31. The Morgan fingerprint density at radius 3 is 2.61 bits per heavy atom. The van der Waals surface area contributed by atoms with Gasteiger partial charge in [0.25, 0.3) is 0 Å². The summed E-state index contributed by atoms with van der Waals surface area (Å²) in [5.74, 6) is 2.30. The zero-order valence-corrected chi connectivity index (χ0v) is 12.3. The number of imidazole rings is 1. The molecule has 0 aliphatic carbocycles. The minimum absolute atomic E-state index is 0.441. The average molecular weight is 265 g/mol. The Morgan fingerprint density at radius 2 is 2.00 bits per heavy atom. The molecule has 0 radical (unpaired) electrons. The minimum atomic E-state index is 0.441. The maximum atomic E-state index is 5.90.